The molecule has 0 aromatic carbocycles. The van der Waals surface area contributed by atoms with E-state index >= 15 is 0 Å². The van der Waals surface area contributed by atoms with Crippen molar-refractivity contribution < 1.29 is 4.79 Å². The van der Waals surface area contributed by atoms with E-state index in [1.807, 2.05) is 6.92 Å². The van der Waals surface area contributed by atoms with Gasteiger partial charge in [0.25, 0.3) is 0 Å². The summed E-state index contributed by atoms with van der Waals surface area (Å²) in [5.41, 5.74) is 3.27. The molecule has 0 aromatic rings. The zero-order valence-electron chi connectivity index (χ0n) is 9.92. The van der Waals surface area contributed by atoms with E-state index in [1.165, 1.54) is 5.57 Å². The van der Waals surface area contributed by atoms with E-state index in [2.05, 4.69) is 39.0 Å². The number of allylic oxidation sites excluding steroid dienone is 6. The van der Waals surface area contributed by atoms with Crippen molar-refractivity contribution in [3.8, 4) is 0 Å². The van der Waals surface area contributed by atoms with Gasteiger partial charge in [-0.2, -0.15) is 0 Å². The molecule has 0 aromatic heterocycles. The monoisotopic (exact) mass is 202 g/mol. The number of rotatable bonds is 0. The molecule has 0 fully saturated rings. The van der Waals surface area contributed by atoms with Crippen molar-refractivity contribution in [2.45, 2.75) is 34.1 Å². The molecule has 1 atom stereocenters. The molecule has 15 heavy (non-hydrogen) atoms. The first kappa shape index (κ1) is 10.4. The fourth-order valence-electron chi connectivity index (χ4n) is 2.61. The number of hydrogen-bond acceptors (Lipinski definition) is 1. The number of carbonyl (C=O) groups excluding carboxylic acids is 1. The predicted molar refractivity (Wildman–Crippen MR) is 62.5 cm³/mol. The van der Waals surface area contributed by atoms with Gasteiger partial charge in [-0.15, -0.1) is 0 Å². The van der Waals surface area contributed by atoms with E-state index in [9.17, 15) is 4.79 Å². The van der Waals surface area contributed by atoms with Gasteiger partial charge in [-0.1, -0.05) is 37.6 Å². The van der Waals surface area contributed by atoms with Crippen molar-refractivity contribution in [2.24, 2.45) is 11.3 Å². The topological polar surface area (TPSA) is 17.1 Å². The third kappa shape index (κ3) is 1.33. The smallest absolute Gasteiger partial charge is 0.184 e. The number of carbonyl (C=O) groups is 1. The Balaban J connectivity index is 2.61. The zero-order chi connectivity index (χ0) is 11.2. The molecule has 2 aliphatic rings. The fraction of sp³-hybridized carbons (Fsp3) is 0.500. The summed E-state index contributed by atoms with van der Waals surface area (Å²) in [7, 11) is 0. The van der Waals surface area contributed by atoms with Crippen molar-refractivity contribution in [2.75, 3.05) is 0 Å². The van der Waals surface area contributed by atoms with Gasteiger partial charge in [0.15, 0.2) is 5.78 Å². The van der Waals surface area contributed by atoms with Crippen LogP contribution in [0.5, 0.6) is 0 Å². The van der Waals surface area contributed by atoms with Crippen LogP contribution in [-0.2, 0) is 4.79 Å². The highest BCUT2D eigenvalue weighted by Gasteiger charge is 2.41. The molecule has 0 amide bonds. The minimum Gasteiger partial charge on any atom is -0.289 e. The van der Waals surface area contributed by atoms with Gasteiger partial charge in [-0.3, -0.25) is 4.79 Å². The molecule has 2 rings (SSSR count). The second-order valence-corrected chi connectivity index (χ2v) is 5.10. The quantitative estimate of drug-likeness (QED) is 0.550. The maximum absolute atomic E-state index is 12.1. The Kier molecular flexibility index (Phi) is 2.22. The molecule has 1 nitrogen and oxygen atoms in total. The highest BCUT2D eigenvalue weighted by molar-refractivity contribution is 6.10. The van der Waals surface area contributed by atoms with Crippen LogP contribution < -0.4 is 0 Å². The Hall–Kier alpha value is -1.11. The molecule has 2 aliphatic carbocycles. The normalized spacial score (nSPS) is 28.9. The molecule has 1 heteroatoms. The zero-order valence-corrected chi connectivity index (χ0v) is 9.92. The summed E-state index contributed by atoms with van der Waals surface area (Å²) in [6.45, 7) is 8.50. The van der Waals surface area contributed by atoms with Crippen molar-refractivity contribution in [3.05, 3.63) is 34.9 Å². The molecule has 0 saturated carbocycles. The predicted octanol–water partition coefficient (Wildman–Crippen LogP) is 3.43. The Morgan fingerprint density at radius 2 is 2.00 bits per heavy atom. The van der Waals surface area contributed by atoms with E-state index in [1.54, 1.807) is 0 Å². The van der Waals surface area contributed by atoms with E-state index in [4.69, 9.17) is 0 Å². The fourth-order valence-corrected chi connectivity index (χ4v) is 2.61. The van der Waals surface area contributed by atoms with Crippen LogP contribution in [0.3, 0.4) is 0 Å². The van der Waals surface area contributed by atoms with Crippen LogP contribution in [0, 0.1) is 11.3 Å². The molecule has 0 spiro atoms. The Morgan fingerprint density at radius 3 is 2.67 bits per heavy atom. The van der Waals surface area contributed by atoms with Gasteiger partial charge in [0.05, 0.1) is 0 Å². The molecule has 0 saturated heterocycles. The van der Waals surface area contributed by atoms with E-state index < -0.39 is 0 Å². The molecule has 0 heterocycles. The lowest BCUT2D eigenvalue weighted by Gasteiger charge is -2.41. The largest absolute Gasteiger partial charge is 0.289 e. The Bertz CT molecular complexity index is 405. The van der Waals surface area contributed by atoms with Crippen molar-refractivity contribution >= 4 is 5.78 Å². The van der Waals surface area contributed by atoms with Gasteiger partial charge in [-0.05, 0) is 31.3 Å². The maximum Gasteiger partial charge on any atom is 0.184 e. The van der Waals surface area contributed by atoms with E-state index in [0.29, 0.717) is 0 Å². The first-order chi connectivity index (χ1) is 6.96. The summed E-state index contributed by atoms with van der Waals surface area (Å²) in [6, 6.07) is 0. The van der Waals surface area contributed by atoms with E-state index in [0.717, 1.165) is 17.6 Å². The maximum atomic E-state index is 12.1. The van der Waals surface area contributed by atoms with Crippen molar-refractivity contribution in [1.82, 2.24) is 0 Å². The summed E-state index contributed by atoms with van der Waals surface area (Å²) < 4.78 is 0. The summed E-state index contributed by atoms with van der Waals surface area (Å²) >= 11 is 0. The summed E-state index contributed by atoms with van der Waals surface area (Å²) in [5, 5.41) is 0. The second kappa shape index (κ2) is 3.19. The molecule has 0 radical (unpaired) electrons. The van der Waals surface area contributed by atoms with Crippen LogP contribution >= 0.6 is 0 Å². The van der Waals surface area contributed by atoms with Crippen LogP contribution in [0.25, 0.3) is 0 Å². The highest BCUT2D eigenvalue weighted by Crippen LogP contribution is 2.47. The minimum absolute atomic E-state index is 0.0841. The summed E-state index contributed by atoms with van der Waals surface area (Å²) in [6.07, 6.45) is 7.35. The van der Waals surface area contributed by atoms with Crippen LogP contribution in [0.15, 0.2) is 34.9 Å². The average Bonchev–Trinajstić information content (AvgIpc) is 2.24. The second-order valence-electron chi connectivity index (χ2n) is 5.10. The highest BCUT2D eigenvalue weighted by atomic mass is 16.1. The van der Waals surface area contributed by atoms with Crippen molar-refractivity contribution in [3.63, 3.8) is 0 Å². The lowest BCUT2D eigenvalue weighted by atomic mass is 9.62. The molecule has 1 unspecified atom stereocenters. The first-order valence-electron chi connectivity index (χ1n) is 5.55. The van der Waals surface area contributed by atoms with Crippen LogP contribution in [0.1, 0.15) is 34.1 Å². The van der Waals surface area contributed by atoms with Crippen molar-refractivity contribution in [1.29, 1.82) is 0 Å². The summed E-state index contributed by atoms with van der Waals surface area (Å²) in [4.78, 5) is 12.1. The van der Waals surface area contributed by atoms with Crippen LogP contribution in [0.4, 0.5) is 0 Å². The van der Waals surface area contributed by atoms with Gasteiger partial charge >= 0.3 is 0 Å². The van der Waals surface area contributed by atoms with E-state index in [-0.39, 0.29) is 17.1 Å². The molecular formula is C14H18O. The minimum atomic E-state index is 0.0841. The molecular weight excluding hydrogens is 184 g/mol. The Morgan fingerprint density at radius 1 is 1.33 bits per heavy atom. The molecule has 80 valence electrons. The lowest BCUT2D eigenvalue weighted by molar-refractivity contribution is -0.113. The lowest BCUT2D eigenvalue weighted by Crippen LogP contribution is -2.35. The number of hydrogen-bond donors (Lipinski definition) is 0. The van der Waals surface area contributed by atoms with Gasteiger partial charge in [-0.25, -0.2) is 0 Å². The number of fused-ring (bicyclic) bond motifs is 1. The molecule has 0 bridgehead atoms. The van der Waals surface area contributed by atoms with Gasteiger partial charge in [0.2, 0.25) is 0 Å². The molecule has 0 N–H and O–H groups in total. The first-order valence-corrected chi connectivity index (χ1v) is 5.55. The SMILES string of the molecule is CC1=C(C)C(C)(C)C2C=CCC=C2C1=O. The Labute approximate surface area is 91.6 Å². The van der Waals surface area contributed by atoms with Gasteiger partial charge < -0.3 is 0 Å². The number of ketones is 1. The number of Topliss-reactive ketones (excluding diaryl/α,β-unsaturated/α-hetero) is 1. The summed E-state index contributed by atoms with van der Waals surface area (Å²) in [5.74, 6) is 0.531. The standard InChI is InChI=1S/C14H18O/c1-9-10(2)14(3,4)12-8-6-5-7-11(12)13(9)15/h6-8,12H,5H2,1-4H3. The van der Waals surface area contributed by atoms with Crippen LogP contribution in [0.2, 0.25) is 0 Å². The third-order valence-corrected chi connectivity index (χ3v) is 4.05. The average molecular weight is 202 g/mol. The molecule has 0 aliphatic heterocycles. The third-order valence-electron chi connectivity index (χ3n) is 4.05. The van der Waals surface area contributed by atoms with Crippen LogP contribution in [-0.4, -0.2) is 5.78 Å². The van der Waals surface area contributed by atoms with Gasteiger partial charge in [0, 0.05) is 11.5 Å². The van der Waals surface area contributed by atoms with Gasteiger partial charge in [0.1, 0.15) is 0 Å².